The molecule has 1 aromatic rings. The second-order valence-electron chi connectivity index (χ2n) is 3.01. The van der Waals surface area contributed by atoms with Crippen molar-refractivity contribution < 1.29 is 14.6 Å². The van der Waals surface area contributed by atoms with Crippen molar-refractivity contribution in [3.63, 3.8) is 0 Å². The molecule has 1 heterocycles. The Kier molecular flexibility index (Phi) is 4.36. The molecule has 0 aromatic carbocycles. The summed E-state index contributed by atoms with van der Waals surface area (Å²) in [6.07, 6.45) is 0.986. The third kappa shape index (κ3) is 3.11. The van der Waals surface area contributed by atoms with Crippen molar-refractivity contribution in [2.75, 3.05) is 13.7 Å². The molecular weight excluding hydrogens is 250 g/mol. The number of amides is 1. The molecular formula is C9H10ClN3O4. The number of halogens is 1. The number of nitro groups is 1. The van der Waals surface area contributed by atoms with E-state index in [4.69, 9.17) is 16.4 Å². The first-order chi connectivity index (χ1) is 7.97. The van der Waals surface area contributed by atoms with Gasteiger partial charge in [0.25, 0.3) is 11.6 Å². The summed E-state index contributed by atoms with van der Waals surface area (Å²) in [5, 5.41) is 11.4. The highest BCUT2D eigenvalue weighted by Crippen LogP contribution is 2.20. The maximum atomic E-state index is 11.8. The Morgan fingerprint density at radius 2 is 2.35 bits per heavy atom. The molecule has 0 saturated carbocycles. The Balaban J connectivity index is 3.07. The normalized spacial score (nSPS) is 10.1. The third-order valence-corrected chi connectivity index (χ3v) is 2.18. The molecule has 1 amide bonds. The number of hydrogen-bond donors (Lipinski definition) is 0. The zero-order valence-corrected chi connectivity index (χ0v) is 9.97. The van der Waals surface area contributed by atoms with Gasteiger partial charge in [-0.15, -0.1) is 0 Å². The van der Waals surface area contributed by atoms with Crippen LogP contribution in [0.2, 0.25) is 5.15 Å². The highest BCUT2D eigenvalue weighted by atomic mass is 35.5. The lowest BCUT2D eigenvalue weighted by atomic mass is 10.2. The molecule has 0 aliphatic heterocycles. The van der Waals surface area contributed by atoms with Crippen LogP contribution in [0.5, 0.6) is 0 Å². The van der Waals surface area contributed by atoms with Crippen LogP contribution in [-0.2, 0) is 4.84 Å². The van der Waals surface area contributed by atoms with Gasteiger partial charge in [0.1, 0.15) is 11.3 Å². The highest BCUT2D eigenvalue weighted by Gasteiger charge is 2.20. The van der Waals surface area contributed by atoms with Crippen molar-refractivity contribution in [1.29, 1.82) is 0 Å². The number of carbonyl (C=O) groups is 1. The molecule has 7 nitrogen and oxygen atoms in total. The Hall–Kier alpha value is -1.73. The lowest BCUT2D eigenvalue weighted by Crippen LogP contribution is -2.27. The summed E-state index contributed by atoms with van der Waals surface area (Å²) in [7, 11) is 1.39. The lowest BCUT2D eigenvalue weighted by molar-refractivity contribution is -0.385. The summed E-state index contributed by atoms with van der Waals surface area (Å²) in [5.41, 5.74) is -0.375. The number of aromatic nitrogens is 1. The summed E-state index contributed by atoms with van der Waals surface area (Å²) in [6, 6.07) is 1.06. The van der Waals surface area contributed by atoms with Gasteiger partial charge < -0.3 is 0 Å². The lowest BCUT2D eigenvalue weighted by Gasteiger charge is -2.15. The molecule has 0 atom stereocenters. The molecule has 1 aromatic heterocycles. The SMILES string of the molecule is CCON(C)C(=O)c1cc([N+](=O)[O-])cnc1Cl. The molecule has 0 radical (unpaired) electrons. The fraction of sp³-hybridized carbons (Fsp3) is 0.333. The molecule has 17 heavy (non-hydrogen) atoms. The maximum absolute atomic E-state index is 11.8. The summed E-state index contributed by atoms with van der Waals surface area (Å²) in [5.74, 6) is -0.590. The van der Waals surface area contributed by atoms with E-state index in [-0.39, 0.29) is 16.4 Å². The largest absolute Gasteiger partial charge is 0.288 e. The van der Waals surface area contributed by atoms with Crippen LogP contribution < -0.4 is 0 Å². The van der Waals surface area contributed by atoms with Crippen LogP contribution >= 0.6 is 11.6 Å². The minimum atomic E-state index is -0.652. The molecule has 0 unspecified atom stereocenters. The summed E-state index contributed by atoms with van der Waals surface area (Å²) < 4.78 is 0. The Morgan fingerprint density at radius 3 is 2.88 bits per heavy atom. The number of hydroxylamine groups is 2. The van der Waals surface area contributed by atoms with Gasteiger partial charge in [0, 0.05) is 13.1 Å². The number of carbonyl (C=O) groups excluding carboxylic acids is 1. The van der Waals surface area contributed by atoms with Crippen molar-refractivity contribution in [2.45, 2.75) is 6.92 Å². The molecule has 8 heteroatoms. The van der Waals surface area contributed by atoms with Crippen molar-refractivity contribution in [2.24, 2.45) is 0 Å². The van der Waals surface area contributed by atoms with Crippen molar-refractivity contribution in [1.82, 2.24) is 10.0 Å². The van der Waals surface area contributed by atoms with Crippen molar-refractivity contribution in [3.05, 3.63) is 33.1 Å². The van der Waals surface area contributed by atoms with Crippen LogP contribution in [-0.4, -0.2) is 34.5 Å². The van der Waals surface area contributed by atoms with E-state index in [0.717, 1.165) is 17.3 Å². The van der Waals surface area contributed by atoms with Gasteiger partial charge in [0.2, 0.25) is 0 Å². The summed E-state index contributed by atoms with van der Waals surface area (Å²) >= 11 is 5.70. The van der Waals surface area contributed by atoms with Gasteiger partial charge in [-0.25, -0.2) is 10.0 Å². The smallest absolute Gasteiger partial charge is 0.271 e. The predicted molar refractivity (Wildman–Crippen MR) is 59.6 cm³/mol. The van der Waals surface area contributed by atoms with E-state index in [0.29, 0.717) is 6.61 Å². The van der Waals surface area contributed by atoms with Crippen LogP contribution in [0.1, 0.15) is 17.3 Å². The summed E-state index contributed by atoms with van der Waals surface area (Å²) in [6.45, 7) is 2.00. The van der Waals surface area contributed by atoms with E-state index in [1.807, 2.05) is 0 Å². The van der Waals surface area contributed by atoms with Crippen molar-refractivity contribution >= 4 is 23.2 Å². The molecule has 0 saturated heterocycles. The standard InChI is InChI=1S/C9H10ClN3O4/c1-3-17-12(2)9(14)7-4-6(13(15)16)5-11-8(7)10/h4-5H,3H2,1-2H3. The van der Waals surface area contributed by atoms with Gasteiger partial charge >= 0.3 is 0 Å². The number of hydrogen-bond acceptors (Lipinski definition) is 5. The van der Waals surface area contributed by atoms with Gasteiger partial charge in [-0.2, -0.15) is 0 Å². The van der Waals surface area contributed by atoms with Gasteiger partial charge in [-0.3, -0.25) is 19.7 Å². The molecule has 1 rings (SSSR count). The minimum Gasteiger partial charge on any atom is -0.271 e. The van der Waals surface area contributed by atoms with Crippen molar-refractivity contribution in [3.8, 4) is 0 Å². The zero-order valence-electron chi connectivity index (χ0n) is 9.21. The second-order valence-corrected chi connectivity index (χ2v) is 3.37. The monoisotopic (exact) mass is 259 g/mol. The summed E-state index contributed by atoms with van der Waals surface area (Å²) in [4.78, 5) is 30.2. The van der Waals surface area contributed by atoms with Crippen LogP contribution in [0, 0.1) is 10.1 Å². The molecule has 92 valence electrons. The van der Waals surface area contributed by atoms with Crippen LogP contribution in [0.4, 0.5) is 5.69 Å². The zero-order chi connectivity index (χ0) is 13.0. The average Bonchev–Trinajstić information content (AvgIpc) is 2.28. The van der Waals surface area contributed by atoms with Gasteiger partial charge in [-0.1, -0.05) is 11.6 Å². The first-order valence-electron chi connectivity index (χ1n) is 4.68. The fourth-order valence-electron chi connectivity index (χ4n) is 1.11. The third-order valence-electron chi connectivity index (χ3n) is 1.87. The highest BCUT2D eigenvalue weighted by molar-refractivity contribution is 6.32. The van der Waals surface area contributed by atoms with E-state index >= 15 is 0 Å². The molecule has 0 spiro atoms. The van der Waals surface area contributed by atoms with Gasteiger partial charge in [0.05, 0.1) is 17.1 Å². The van der Waals surface area contributed by atoms with Crippen LogP contribution in [0.25, 0.3) is 0 Å². The molecule has 0 fully saturated rings. The van der Waals surface area contributed by atoms with Gasteiger partial charge in [-0.05, 0) is 6.92 Å². The van der Waals surface area contributed by atoms with E-state index in [1.54, 1.807) is 6.92 Å². The van der Waals surface area contributed by atoms with E-state index in [2.05, 4.69) is 4.98 Å². The molecule has 0 aliphatic carbocycles. The molecule has 0 N–H and O–H groups in total. The number of nitrogens with zero attached hydrogens (tertiary/aromatic N) is 3. The topological polar surface area (TPSA) is 85.6 Å². The fourth-order valence-corrected chi connectivity index (χ4v) is 1.29. The Morgan fingerprint density at radius 1 is 1.71 bits per heavy atom. The van der Waals surface area contributed by atoms with E-state index < -0.39 is 10.8 Å². The second kappa shape index (κ2) is 5.55. The molecule has 0 aliphatic rings. The minimum absolute atomic E-state index is 0.0724. The van der Waals surface area contributed by atoms with Gasteiger partial charge in [0.15, 0.2) is 0 Å². The molecule has 0 bridgehead atoms. The first kappa shape index (κ1) is 13.3. The average molecular weight is 260 g/mol. The van der Waals surface area contributed by atoms with E-state index in [9.17, 15) is 14.9 Å². The maximum Gasteiger partial charge on any atom is 0.288 e. The quantitative estimate of drug-likeness (QED) is 0.466. The Bertz CT molecular complexity index is 452. The Labute approximate surface area is 102 Å². The number of pyridine rings is 1. The first-order valence-corrected chi connectivity index (χ1v) is 5.06. The van der Waals surface area contributed by atoms with Crippen LogP contribution in [0.3, 0.4) is 0 Å². The van der Waals surface area contributed by atoms with E-state index in [1.165, 1.54) is 7.05 Å². The van der Waals surface area contributed by atoms with Crippen LogP contribution in [0.15, 0.2) is 12.3 Å². The number of rotatable bonds is 4. The predicted octanol–water partition coefficient (Wildman–Crippen LogP) is 1.67.